The molecule has 2 rings (SSSR count). The minimum absolute atomic E-state index is 0.0357. The van der Waals surface area contributed by atoms with Crippen molar-refractivity contribution in [3.8, 4) is 0 Å². The summed E-state index contributed by atoms with van der Waals surface area (Å²) in [7, 11) is -3.55. The third-order valence-electron chi connectivity index (χ3n) is 3.99. The Kier molecular flexibility index (Phi) is 5.59. The first-order valence-electron chi connectivity index (χ1n) is 7.83. The van der Waals surface area contributed by atoms with Gasteiger partial charge >= 0.3 is 0 Å². The third-order valence-corrected chi connectivity index (χ3v) is 5.42. The third kappa shape index (κ3) is 4.42. The minimum Gasteiger partial charge on any atom is -0.338 e. The second kappa shape index (κ2) is 7.27. The van der Waals surface area contributed by atoms with E-state index in [1.165, 1.54) is 18.2 Å². The Hall–Kier alpha value is -1.66. The first kappa shape index (κ1) is 17.7. The van der Waals surface area contributed by atoms with Gasteiger partial charge in [0.25, 0.3) is 5.91 Å². The first-order valence-corrected chi connectivity index (χ1v) is 9.31. The Labute approximate surface area is 138 Å². The van der Waals surface area contributed by atoms with Gasteiger partial charge in [0, 0.05) is 25.2 Å². The van der Waals surface area contributed by atoms with Crippen molar-refractivity contribution in [1.29, 1.82) is 0 Å². The monoisotopic (exact) mass is 336 g/mol. The van der Waals surface area contributed by atoms with Crippen molar-refractivity contribution in [3.05, 3.63) is 42.5 Å². The molecule has 0 unspecified atom stereocenters. The Morgan fingerprint density at radius 2 is 1.83 bits per heavy atom. The summed E-state index contributed by atoms with van der Waals surface area (Å²) in [6.07, 6.45) is 2.62. The zero-order valence-corrected chi connectivity index (χ0v) is 14.5. The summed E-state index contributed by atoms with van der Waals surface area (Å²) in [6.45, 7) is 9.46. The van der Waals surface area contributed by atoms with E-state index in [4.69, 9.17) is 0 Å². The van der Waals surface area contributed by atoms with Gasteiger partial charge in [0.2, 0.25) is 10.0 Å². The topological polar surface area (TPSA) is 66.5 Å². The van der Waals surface area contributed by atoms with Gasteiger partial charge in [-0.05, 0) is 42.5 Å². The Morgan fingerprint density at radius 1 is 1.26 bits per heavy atom. The van der Waals surface area contributed by atoms with Gasteiger partial charge < -0.3 is 4.90 Å². The van der Waals surface area contributed by atoms with Crippen LogP contribution in [0.4, 0.5) is 0 Å². The summed E-state index contributed by atoms with van der Waals surface area (Å²) in [4.78, 5) is 14.6. The van der Waals surface area contributed by atoms with Crippen LogP contribution >= 0.6 is 0 Å². The normalized spacial score (nSPS) is 21.9. The maximum Gasteiger partial charge on any atom is 0.253 e. The van der Waals surface area contributed by atoms with Crippen molar-refractivity contribution < 1.29 is 13.2 Å². The predicted octanol–water partition coefficient (Wildman–Crippen LogP) is 2.27. The summed E-state index contributed by atoms with van der Waals surface area (Å²) in [5.41, 5.74) is 0.522. The van der Waals surface area contributed by atoms with E-state index in [0.717, 1.165) is 19.5 Å². The number of likely N-dealkylation sites (tertiary alicyclic amines) is 1. The standard InChI is InChI=1S/C17H24N2O3S/c1-4-9-18-23(21,22)16-7-5-15(6-8-16)17(20)19-11-13(2)10-14(3)12-19/h4-8,13-14,18H,1,9-12H2,2-3H3/t13-,14-/m0/s1. The summed E-state index contributed by atoms with van der Waals surface area (Å²) in [5, 5.41) is 0. The number of amides is 1. The lowest BCUT2D eigenvalue weighted by molar-refractivity contribution is 0.0623. The van der Waals surface area contributed by atoms with Crippen molar-refractivity contribution in [3.63, 3.8) is 0 Å². The van der Waals surface area contributed by atoms with E-state index in [9.17, 15) is 13.2 Å². The summed E-state index contributed by atoms with van der Waals surface area (Å²) < 4.78 is 26.4. The van der Waals surface area contributed by atoms with Crippen molar-refractivity contribution in [2.24, 2.45) is 11.8 Å². The second-order valence-electron chi connectivity index (χ2n) is 6.32. The van der Waals surface area contributed by atoms with Crippen molar-refractivity contribution >= 4 is 15.9 Å². The van der Waals surface area contributed by atoms with Crippen LogP contribution in [-0.2, 0) is 10.0 Å². The highest BCUT2D eigenvalue weighted by Gasteiger charge is 2.26. The Morgan fingerprint density at radius 3 is 2.35 bits per heavy atom. The molecular weight excluding hydrogens is 312 g/mol. The van der Waals surface area contributed by atoms with Crippen molar-refractivity contribution in [2.75, 3.05) is 19.6 Å². The van der Waals surface area contributed by atoms with E-state index >= 15 is 0 Å². The zero-order valence-electron chi connectivity index (χ0n) is 13.7. The highest BCUT2D eigenvalue weighted by atomic mass is 32.2. The molecule has 0 aliphatic carbocycles. The SMILES string of the molecule is C=CCNS(=O)(=O)c1ccc(C(=O)N2C[C@@H](C)C[C@H](C)C2)cc1. The number of nitrogens with one attached hydrogen (secondary N) is 1. The molecule has 1 fully saturated rings. The molecule has 126 valence electrons. The van der Waals surface area contributed by atoms with Gasteiger partial charge in [-0.2, -0.15) is 0 Å². The summed E-state index contributed by atoms with van der Waals surface area (Å²) in [5.74, 6) is 0.947. The highest BCUT2D eigenvalue weighted by molar-refractivity contribution is 7.89. The number of benzene rings is 1. The first-order chi connectivity index (χ1) is 10.8. The fourth-order valence-electron chi connectivity index (χ4n) is 3.04. The molecule has 0 saturated carbocycles. The lowest BCUT2D eigenvalue weighted by Crippen LogP contribution is -2.42. The van der Waals surface area contributed by atoms with E-state index in [1.807, 2.05) is 4.90 Å². The van der Waals surface area contributed by atoms with Crippen molar-refractivity contribution in [1.82, 2.24) is 9.62 Å². The molecule has 0 bridgehead atoms. The molecule has 1 aromatic rings. The molecule has 1 amide bonds. The Bertz CT molecular complexity index is 658. The summed E-state index contributed by atoms with van der Waals surface area (Å²) in [6, 6.07) is 6.09. The van der Waals surface area contributed by atoms with Crippen LogP contribution in [0.25, 0.3) is 0 Å². The molecule has 6 heteroatoms. The number of rotatable bonds is 5. The number of carbonyl (C=O) groups excluding carboxylic acids is 1. The van der Waals surface area contributed by atoms with Crippen LogP contribution in [-0.4, -0.2) is 38.9 Å². The van der Waals surface area contributed by atoms with Crippen LogP contribution in [0.2, 0.25) is 0 Å². The lowest BCUT2D eigenvalue weighted by atomic mass is 9.91. The molecule has 0 aromatic heterocycles. The average Bonchev–Trinajstić information content (AvgIpc) is 2.51. The maximum atomic E-state index is 12.6. The predicted molar refractivity (Wildman–Crippen MR) is 90.7 cm³/mol. The molecule has 5 nitrogen and oxygen atoms in total. The molecule has 0 spiro atoms. The fraction of sp³-hybridized carbons (Fsp3) is 0.471. The fourth-order valence-corrected chi connectivity index (χ4v) is 4.04. The van der Waals surface area contributed by atoms with Crippen LogP contribution < -0.4 is 4.72 Å². The molecule has 2 atom stereocenters. The quantitative estimate of drug-likeness (QED) is 0.839. The van der Waals surface area contributed by atoms with Gasteiger partial charge in [-0.25, -0.2) is 13.1 Å². The molecule has 1 heterocycles. The smallest absolute Gasteiger partial charge is 0.253 e. The highest BCUT2D eigenvalue weighted by Crippen LogP contribution is 2.23. The molecule has 1 aliphatic rings. The number of piperidine rings is 1. The van der Waals surface area contributed by atoms with E-state index in [1.54, 1.807) is 12.1 Å². The number of carbonyl (C=O) groups is 1. The van der Waals surface area contributed by atoms with Gasteiger partial charge in [0.1, 0.15) is 0 Å². The molecule has 1 aromatic carbocycles. The number of hydrogen-bond donors (Lipinski definition) is 1. The van der Waals surface area contributed by atoms with Gasteiger partial charge in [-0.3, -0.25) is 4.79 Å². The lowest BCUT2D eigenvalue weighted by Gasteiger charge is -2.35. The number of sulfonamides is 1. The van der Waals surface area contributed by atoms with E-state index in [2.05, 4.69) is 25.1 Å². The van der Waals surface area contributed by atoms with Gasteiger partial charge in [-0.15, -0.1) is 6.58 Å². The van der Waals surface area contributed by atoms with Gasteiger partial charge in [0.05, 0.1) is 4.90 Å². The van der Waals surface area contributed by atoms with Crippen molar-refractivity contribution in [2.45, 2.75) is 25.2 Å². The van der Waals surface area contributed by atoms with E-state index < -0.39 is 10.0 Å². The summed E-state index contributed by atoms with van der Waals surface area (Å²) >= 11 is 0. The zero-order chi connectivity index (χ0) is 17.0. The van der Waals surface area contributed by atoms with Crippen LogP contribution in [0.1, 0.15) is 30.6 Å². The van der Waals surface area contributed by atoms with Crippen LogP contribution in [0.5, 0.6) is 0 Å². The Balaban J connectivity index is 2.13. The minimum atomic E-state index is -3.55. The molecule has 1 aliphatic heterocycles. The van der Waals surface area contributed by atoms with Gasteiger partial charge in [-0.1, -0.05) is 19.9 Å². The van der Waals surface area contributed by atoms with E-state index in [-0.39, 0.29) is 17.3 Å². The largest absolute Gasteiger partial charge is 0.338 e. The molecule has 23 heavy (non-hydrogen) atoms. The number of hydrogen-bond acceptors (Lipinski definition) is 3. The second-order valence-corrected chi connectivity index (χ2v) is 8.09. The number of nitrogens with zero attached hydrogens (tertiary/aromatic N) is 1. The van der Waals surface area contributed by atoms with Gasteiger partial charge in [0.15, 0.2) is 0 Å². The van der Waals surface area contributed by atoms with Crippen LogP contribution in [0, 0.1) is 11.8 Å². The van der Waals surface area contributed by atoms with E-state index in [0.29, 0.717) is 17.4 Å². The molecule has 1 saturated heterocycles. The van der Waals surface area contributed by atoms with Crippen LogP contribution in [0.15, 0.2) is 41.8 Å². The van der Waals surface area contributed by atoms with Crippen LogP contribution in [0.3, 0.4) is 0 Å². The molecule has 0 radical (unpaired) electrons. The maximum absolute atomic E-state index is 12.6. The average molecular weight is 336 g/mol. The molecule has 1 N–H and O–H groups in total. The molecular formula is C17H24N2O3S.